The third-order valence-corrected chi connectivity index (χ3v) is 4.55. The Hall–Kier alpha value is -0.610. The van der Waals surface area contributed by atoms with E-state index in [9.17, 15) is 4.39 Å². The van der Waals surface area contributed by atoms with Gasteiger partial charge in [-0.2, -0.15) is 11.8 Å². The van der Waals surface area contributed by atoms with Crippen molar-refractivity contribution >= 4 is 34.7 Å². The van der Waals surface area contributed by atoms with Gasteiger partial charge in [-0.15, -0.1) is 0 Å². The van der Waals surface area contributed by atoms with Crippen molar-refractivity contribution in [1.82, 2.24) is 0 Å². The topological polar surface area (TPSA) is 38.0 Å². The van der Waals surface area contributed by atoms with Gasteiger partial charge >= 0.3 is 0 Å². The fraction of sp³-hybridized carbons (Fsp3) is 0.500. The lowest BCUT2D eigenvalue weighted by atomic mass is 10.2. The minimum Gasteiger partial charge on any atom is -0.397 e. The normalized spacial score (nSPS) is 23.9. The number of benzene rings is 1. The van der Waals surface area contributed by atoms with Gasteiger partial charge in [-0.25, -0.2) is 4.39 Å². The first-order valence-electron chi connectivity index (χ1n) is 5.64. The number of anilines is 2. The first-order chi connectivity index (χ1) is 8.10. The molecule has 2 atom stereocenters. The van der Waals surface area contributed by atoms with E-state index in [2.05, 4.69) is 11.6 Å². The lowest BCUT2D eigenvalue weighted by Crippen LogP contribution is -2.17. The first-order valence-corrected chi connectivity index (χ1v) is 7.30. The molecule has 1 fully saturated rings. The minimum absolute atomic E-state index is 0.112. The third-order valence-electron chi connectivity index (χ3n) is 3.17. The molecule has 0 aliphatic heterocycles. The van der Waals surface area contributed by atoms with Crippen molar-refractivity contribution in [2.45, 2.75) is 30.6 Å². The molecular weight excluding hydrogens is 259 g/mol. The zero-order chi connectivity index (χ0) is 12.4. The summed E-state index contributed by atoms with van der Waals surface area (Å²) in [6.45, 7) is 0. The van der Waals surface area contributed by atoms with Crippen LogP contribution in [0.4, 0.5) is 15.8 Å². The largest absolute Gasteiger partial charge is 0.397 e. The Morgan fingerprint density at radius 1 is 1.47 bits per heavy atom. The monoisotopic (exact) mass is 274 g/mol. The van der Waals surface area contributed by atoms with Crippen LogP contribution in [-0.2, 0) is 0 Å². The summed E-state index contributed by atoms with van der Waals surface area (Å²) in [6.07, 6.45) is 5.60. The molecule has 1 aliphatic carbocycles. The second-order valence-corrected chi connectivity index (χ2v) is 5.91. The molecule has 1 saturated carbocycles. The van der Waals surface area contributed by atoms with Crippen molar-refractivity contribution < 1.29 is 4.39 Å². The molecule has 3 N–H and O–H groups in total. The predicted molar refractivity (Wildman–Crippen MR) is 74.4 cm³/mol. The van der Waals surface area contributed by atoms with E-state index in [0.717, 1.165) is 18.5 Å². The van der Waals surface area contributed by atoms with E-state index in [-0.39, 0.29) is 5.02 Å². The van der Waals surface area contributed by atoms with Gasteiger partial charge in [-0.05, 0) is 31.6 Å². The molecule has 2 unspecified atom stereocenters. The van der Waals surface area contributed by atoms with Crippen LogP contribution >= 0.6 is 23.4 Å². The van der Waals surface area contributed by atoms with Crippen LogP contribution in [-0.4, -0.2) is 17.5 Å². The molecule has 0 aromatic heterocycles. The molecule has 0 radical (unpaired) electrons. The van der Waals surface area contributed by atoms with Gasteiger partial charge in [0.1, 0.15) is 5.82 Å². The van der Waals surface area contributed by atoms with Crippen molar-refractivity contribution in [2.75, 3.05) is 17.3 Å². The van der Waals surface area contributed by atoms with E-state index in [0.29, 0.717) is 17.0 Å². The maximum atomic E-state index is 13.1. The van der Waals surface area contributed by atoms with Gasteiger partial charge in [0.2, 0.25) is 0 Å². The summed E-state index contributed by atoms with van der Waals surface area (Å²) in [5.41, 5.74) is 6.92. The summed E-state index contributed by atoms with van der Waals surface area (Å²) < 4.78 is 13.1. The number of hydrogen-bond acceptors (Lipinski definition) is 3. The van der Waals surface area contributed by atoms with E-state index in [1.165, 1.54) is 12.5 Å². The molecule has 1 aromatic rings. The van der Waals surface area contributed by atoms with Gasteiger partial charge in [-0.1, -0.05) is 11.6 Å². The van der Waals surface area contributed by atoms with E-state index >= 15 is 0 Å². The zero-order valence-corrected chi connectivity index (χ0v) is 11.2. The van der Waals surface area contributed by atoms with Crippen molar-refractivity contribution in [3.63, 3.8) is 0 Å². The highest BCUT2D eigenvalue weighted by atomic mass is 35.5. The number of nitrogens with two attached hydrogens (primary N) is 1. The fourth-order valence-corrected chi connectivity index (χ4v) is 3.15. The molecule has 2 nitrogen and oxygen atoms in total. The van der Waals surface area contributed by atoms with Crippen LogP contribution in [0.3, 0.4) is 0 Å². The third kappa shape index (κ3) is 2.99. The minimum atomic E-state index is -0.469. The average Bonchev–Trinajstić information content (AvgIpc) is 2.73. The molecule has 0 saturated heterocycles. The summed E-state index contributed by atoms with van der Waals surface area (Å²) in [5, 5.41) is 4.18. The van der Waals surface area contributed by atoms with Crippen molar-refractivity contribution in [1.29, 1.82) is 0 Å². The molecule has 0 spiro atoms. The maximum absolute atomic E-state index is 13.1. The second-order valence-electron chi connectivity index (χ2n) is 4.37. The second kappa shape index (κ2) is 5.36. The maximum Gasteiger partial charge on any atom is 0.143 e. The predicted octanol–water partition coefficient (Wildman–Crippen LogP) is 3.76. The van der Waals surface area contributed by atoms with Crippen LogP contribution in [0.1, 0.15) is 19.3 Å². The number of nitrogens with one attached hydrogen (secondary N) is 1. The van der Waals surface area contributed by atoms with Crippen LogP contribution in [0.15, 0.2) is 12.1 Å². The average molecular weight is 275 g/mol. The number of nitrogen functional groups attached to an aromatic ring is 1. The van der Waals surface area contributed by atoms with Gasteiger partial charge in [0.05, 0.1) is 16.4 Å². The summed E-state index contributed by atoms with van der Waals surface area (Å²) in [5.74, 6) is -0.469. The quantitative estimate of drug-likeness (QED) is 0.825. The lowest BCUT2D eigenvalue weighted by Gasteiger charge is -2.16. The Morgan fingerprint density at radius 2 is 2.24 bits per heavy atom. The Kier molecular flexibility index (Phi) is 4.05. The van der Waals surface area contributed by atoms with E-state index in [1.807, 2.05) is 11.8 Å². The molecule has 0 amide bonds. The highest BCUT2D eigenvalue weighted by Crippen LogP contribution is 2.33. The number of thioether (sulfide) groups is 1. The molecule has 5 heteroatoms. The summed E-state index contributed by atoms with van der Waals surface area (Å²) in [7, 11) is 0. The van der Waals surface area contributed by atoms with Gasteiger partial charge in [0, 0.05) is 17.4 Å². The van der Waals surface area contributed by atoms with Crippen molar-refractivity contribution in [2.24, 2.45) is 0 Å². The molecule has 2 rings (SSSR count). The van der Waals surface area contributed by atoms with E-state index in [1.54, 1.807) is 6.07 Å². The molecule has 17 heavy (non-hydrogen) atoms. The zero-order valence-electron chi connectivity index (χ0n) is 9.67. The van der Waals surface area contributed by atoms with Gasteiger partial charge in [-0.3, -0.25) is 0 Å². The summed E-state index contributed by atoms with van der Waals surface area (Å²) >= 11 is 7.65. The first kappa shape index (κ1) is 12.8. The number of rotatable bonds is 3. The van der Waals surface area contributed by atoms with E-state index in [4.69, 9.17) is 17.3 Å². The Labute approximate surface area is 110 Å². The van der Waals surface area contributed by atoms with Crippen molar-refractivity contribution in [3.05, 3.63) is 23.0 Å². The van der Waals surface area contributed by atoms with Crippen LogP contribution in [0, 0.1) is 5.82 Å². The molecular formula is C12H16ClFN2S. The summed E-state index contributed by atoms with van der Waals surface area (Å²) in [4.78, 5) is 0. The van der Waals surface area contributed by atoms with Crippen LogP contribution in [0.5, 0.6) is 0 Å². The SMILES string of the molecule is CSC1CCC(Nc2cc(Cl)c(F)cc2N)C1. The molecule has 94 valence electrons. The Balaban J connectivity index is 2.06. The number of halogens is 2. The Bertz CT molecular complexity index is 414. The van der Waals surface area contributed by atoms with Crippen LogP contribution < -0.4 is 11.1 Å². The molecule has 1 aliphatic rings. The van der Waals surface area contributed by atoms with Crippen LogP contribution in [0.2, 0.25) is 5.02 Å². The standard InChI is InChI=1S/C12H16ClFN2S/c1-17-8-3-2-7(4-8)16-12-5-9(13)10(14)6-11(12)15/h5-8,16H,2-4,15H2,1H3. The van der Waals surface area contributed by atoms with Gasteiger partial charge in [0.15, 0.2) is 0 Å². The molecule has 1 aromatic carbocycles. The van der Waals surface area contributed by atoms with Crippen molar-refractivity contribution in [3.8, 4) is 0 Å². The summed E-state index contributed by atoms with van der Waals surface area (Å²) in [6, 6.07) is 3.25. The fourth-order valence-electron chi connectivity index (χ4n) is 2.19. The molecule has 0 bridgehead atoms. The Morgan fingerprint density at radius 3 is 2.88 bits per heavy atom. The smallest absolute Gasteiger partial charge is 0.143 e. The highest BCUT2D eigenvalue weighted by molar-refractivity contribution is 7.99. The highest BCUT2D eigenvalue weighted by Gasteiger charge is 2.24. The van der Waals surface area contributed by atoms with Crippen LogP contribution in [0.25, 0.3) is 0 Å². The lowest BCUT2D eigenvalue weighted by molar-refractivity contribution is 0.629. The van der Waals surface area contributed by atoms with Gasteiger partial charge < -0.3 is 11.1 Å². The van der Waals surface area contributed by atoms with E-state index < -0.39 is 5.82 Å². The van der Waals surface area contributed by atoms with Gasteiger partial charge in [0.25, 0.3) is 0 Å². The number of hydrogen-bond donors (Lipinski definition) is 2. The molecule has 0 heterocycles.